The molecule has 0 aliphatic carbocycles. The van der Waals surface area contributed by atoms with E-state index in [-0.39, 0.29) is 33.8 Å². The number of aryl methyl sites for hydroxylation is 2. The van der Waals surface area contributed by atoms with Crippen molar-refractivity contribution >= 4 is 28.4 Å². The van der Waals surface area contributed by atoms with Crippen LogP contribution in [-0.4, -0.2) is 26.0 Å². The van der Waals surface area contributed by atoms with Gasteiger partial charge >= 0.3 is 12.3 Å². The van der Waals surface area contributed by atoms with E-state index in [1.807, 2.05) is 13.8 Å². The number of azo groups is 1. The minimum absolute atomic E-state index is 0.00504. The van der Waals surface area contributed by atoms with E-state index in [9.17, 15) is 28.2 Å². The Morgan fingerprint density at radius 3 is 2.34 bits per heavy atom. The number of hydrogen-bond acceptors (Lipinski definition) is 6. The molecule has 208 valence electrons. The number of fused-ring (bicyclic) bond motifs is 1. The number of carboxylic acid groups (broad SMARTS) is 1. The molecule has 0 aliphatic heterocycles. The maximum absolute atomic E-state index is 13.6. The molecule has 3 N–H and O–H groups in total. The fourth-order valence-electron chi connectivity index (χ4n) is 4.44. The van der Waals surface area contributed by atoms with Crippen molar-refractivity contribution in [3.63, 3.8) is 0 Å². The third-order valence-corrected chi connectivity index (χ3v) is 6.62. The fourth-order valence-corrected chi connectivity index (χ4v) is 4.44. The molecule has 0 unspecified atom stereocenters. The minimum Gasteiger partial charge on any atom is -0.505 e. The van der Waals surface area contributed by atoms with Gasteiger partial charge in [-0.1, -0.05) is 30.3 Å². The van der Waals surface area contributed by atoms with Crippen molar-refractivity contribution in [3.05, 3.63) is 95.6 Å². The Balaban J connectivity index is 1.63. The van der Waals surface area contributed by atoms with E-state index in [0.717, 1.165) is 23.3 Å². The van der Waals surface area contributed by atoms with Crippen molar-refractivity contribution in [1.82, 2.24) is 4.57 Å². The highest BCUT2D eigenvalue weighted by atomic mass is 19.4. The van der Waals surface area contributed by atoms with Crippen molar-refractivity contribution in [2.75, 3.05) is 0 Å². The first-order chi connectivity index (χ1) is 19.4. The summed E-state index contributed by atoms with van der Waals surface area (Å²) < 4.78 is 46.7. The molecule has 4 aromatic carbocycles. The van der Waals surface area contributed by atoms with Gasteiger partial charge in [0.1, 0.15) is 11.4 Å². The van der Waals surface area contributed by atoms with Gasteiger partial charge in [0.15, 0.2) is 11.4 Å². The lowest BCUT2D eigenvalue weighted by Gasteiger charge is -2.11. The third kappa shape index (κ3) is 5.29. The Kier molecular flexibility index (Phi) is 6.87. The molecule has 8 nitrogen and oxygen atoms in total. The maximum atomic E-state index is 13.6. The van der Waals surface area contributed by atoms with Gasteiger partial charge in [-0.05, 0) is 79.1 Å². The third-order valence-electron chi connectivity index (χ3n) is 6.62. The summed E-state index contributed by atoms with van der Waals surface area (Å²) in [4.78, 5) is 10.9. The van der Waals surface area contributed by atoms with Gasteiger partial charge in [-0.25, -0.2) is 4.79 Å². The number of aromatic nitrogens is 1. The fraction of sp³-hybridized carbons (Fsp3) is 0.100. The number of carbonyl (C=O) groups is 1. The van der Waals surface area contributed by atoms with Crippen LogP contribution in [0.1, 0.15) is 16.7 Å². The lowest BCUT2D eigenvalue weighted by atomic mass is 10.0. The highest BCUT2D eigenvalue weighted by Crippen LogP contribution is 2.45. The van der Waals surface area contributed by atoms with E-state index in [1.165, 1.54) is 28.8 Å². The number of hydrogen-bond donors (Lipinski definition) is 3. The summed E-state index contributed by atoms with van der Waals surface area (Å²) in [5, 5.41) is 39.5. The average Bonchev–Trinajstić information content (AvgIpc) is 3.19. The SMILES string of the molecule is Cc1ccc(-n2c(O)c(N=Nc3cccc(-c4cccc(OC(=O)O)c4)c3O)c3ccc(C(F)(F)F)cc32)cc1C. The molecule has 0 aliphatic rings. The van der Waals surface area contributed by atoms with Crippen molar-refractivity contribution < 1.29 is 38.0 Å². The number of para-hydroxylation sites is 1. The topological polar surface area (TPSA) is 117 Å². The zero-order valence-corrected chi connectivity index (χ0v) is 21.6. The quantitative estimate of drug-likeness (QED) is 0.113. The number of alkyl halides is 3. The van der Waals surface area contributed by atoms with Crippen molar-refractivity contribution in [1.29, 1.82) is 0 Å². The summed E-state index contributed by atoms with van der Waals surface area (Å²) in [7, 11) is 0. The molecular formula is C30H22F3N3O5. The number of halogens is 3. The highest BCUT2D eigenvalue weighted by Gasteiger charge is 2.32. The normalized spacial score (nSPS) is 11.8. The first-order valence-corrected chi connectivity index (χ1v) is 12.2. The van der Waals surface area contributed by atoms with Crippen LogP contribution in [-0.2, 0) is 6.18 Å². The molecule has 0 atom stereocenters. The number of benzene rings is 4. The predicted molar refractivity (Wildman–Crippen MR) is 146 cm³/mol. The number of nitrogens with zero attached hydrogens (tertiary/aromatic N) is 3. The van der Waals surface area contributed by atoms with Crippen LogP contribution in [0.15, 0.2) is 89.1 Å². The second-order valence-corrected chi connectivity index (χ2v) is 9.27. The summed E-state index contributed by atoms with van der Waals surface area (Å²) in [5.74, 6) is -0.676. The number of phenols is 1. The van der Waals surface area contributed by atoms with Gasteiger partial charge in [0.25, 0.3) is 0 Å². The van der Waals surface area contributed by atoms with E-state index in [0.29, 0.717) is 16.8 Å². The van der Waals surface area contributed by atoms with Crippen molar-refractivity contribution in [2.45, 2.75) is 20.0 Å². The van der Waals surface area contributed by atoms with Crippen LogP contribution in [0.2, 0.25) is 0 Å². The molecule has 5 rings (SSSR count). The number of ether oxygens (including phenoxy) is 1. The summed E-state index contributed by atoms with van der Waals surface area (Å²) in [6, 6.07) is 18.9. The Hall–Kier alpha value is -5.32. The molecule has 1 heterocycles. The van der Waals surface area contributed by atoms with E-state index in [1.54, 1.807) is 42.5 Å². The molecule has 0 saturated heterocycles. The second kappa shape index (κ2) is 10.3. The van der Waals surface area contributed by atoms with Crippen LogP contribution in [0, 0.1) is 13.8 Å². The summed E-state index contributed by atoms with van der Waals surface area (Å²) >= 11 is 0. The van der Waals surface area contributed by atoms with Crippen LogP contribution in [0.3, 0.4) is 0 Å². The number of phenolic OH excluding ortho intramolecular Hbond substituents is 1. The molecule has 0 spiro atoms. The first-order valence-electron chi connectivity index (χ1n) is 12.2. The van der Waals surface area contributed by atoms with Crippen molar-refractivity contribution in [3.8, 4) is 34.2 Å². The number of rotatable bonds is 5. The van der Waals surface area contributed by atoms with Crippen molar-refractivity contribution in [2.24, 2.45) is 10.2 Å². The van der Waals surface area contributed by atoms with E-state index in [2.05, 4.69) is 15.0 Å². The number of aromatic hydroxyl groups is 2. The van der Waals surface area contributed by atoms with Gasteiger partial charge in [-0.15, -0.1) is 10.2 Å². The highest BCUT2D eigenvalue weighted by molar-refractivity contribution is 5.97. The van der Waals surface area contributed by atoms with E-state index >= 15 is 0 Å². The van der Waals surface area contributed by atoms with E-state index < -0.39 is 23.8 Å². The van der Waals surface area contributed by atoms with Crippen LogP contribution < -0.4 is 4.74 Å². The Bertz CT molecular complexity index is 1840. The molecule has 5 aromatic rings. The minimum atomic E-state index is -4.61. The molecule has 1 aromatic heterocycles. The largest absolute Gasteiger partial charge is 0.511 e. The van der Waals surface area contributed by atoms with Gasteiger partial charge < -0.3 is 20.1 Å². The molecule has 0 radical (unpaired) electrons. The Labute approximate surface area is 231 Å². The molecular weight excluding hydrogens is 539 g/mol. The standard InChI is InChI=1S/C30H22F3N3O5/c1-16-9-11-20(13-17(16)2)36-25-15-19(30(31,32)33)10-12-23(25)26(28(36)38)35-34-24-8-4-7-22(27(24)37)18-5-3-6-21(14-18)41-29(39)40/h3-15,37-38H,1-2H3,(H,39,40). The zero-order valence-electron chi connectivity index (χ0n) is 21.6. The smallest absolute Gasteiger partial charge is 0.505 e. The summed E-state index contributed by atoms with van der Waals surface area (Å²) in [6.07, 6.45) is -6.10. The first kappa shape index (κ1) is 27.3. The van der Waals surface area contributed by atoms with Crippen LogP contribution in [0.5, 0.6) is 17.4 Å². The molecule has 0 saturated carbocycles. The molecule has 11 heteroatoms. The van der Waals surface area contributed by atoms with Gasteiger partial charge in [-0.2, -0.15) is 13.2 Å². The predicted octanol–water partition coefficient (Wildman–Crippen LogP) is 8.82. The van der Waals surface area contributed by atoms with Gasteiger partial charge in [-0.3, -0.25) is 4.57 Å². The van der Waals surface area contributed by atoms with Crippen LogP contribution >= 0.6 is 0 Å². The zero-order chi connectivity index (χ0) is 29.5. The van der Waals surface area contributed by atoms with Gasteiger partial charge in [0.2, 0.25) is 5.88 Å². The maximum Gasteiger partial charge on any atom is 0.511 e. The Morgan fingerprint density at radius 2 is 1.63 bits per heavy atom. The second-order valence-electron chi connectivity index (χ2n) is 9.27. The lowest BCUT2D eigenvalue weighted by Crippen LogP contribution is -2.05. The average molecular weight is 562 g/mol. The summed E-state index contributed by atoms with van der Waals surface area (Å²) in [6.45, 7) is 3.74. The van der Waals surface area contributed by atoms with Crippen LogP contribution in [0.4, 0.5) is 29.3 Å². The van der Waals surface area contributed by atoms with Gasteiger partial charge in [0, 0.05) is 16.6 Å². The molecule has 0 amide bonds. The summed E-state index contributed by atoms with van der Waals surface area (Å²) in [5.41, 5.74) is 2.11. The van der Waals surface area contributed by atoms with E-state index in [4.69, 9.17) is 5.11 Å². The molecule has 41 heavy (non-hydrogen) atoms. The molecule has 0 bridgehead atoms. The van der Waals surface area contributed by atoms with Gasteiger partial charge in [0.05, 0.1) is 11.1 Å². The monoisotopic (exact) mass is 561 g/mol. The molecule has 0 fully saturated rings. The Morgan fingerprint density at radius 1 is 0.878 bits per heavy atom. The van der Waals surface area contributed by atoms with Crippen LogP contribution in [0.25, 0.3) is 27.7 Å². The lowest BCUT2D eigenvalue weighted by molar-refractivity contribution is -0.137.